The van der Waals surface area contributed by atoms with E-state index in [1.165, 1.54) is 5.56 Å². The van der Waals surface area contributed by atoms with Crippen molar-refractivity contribution < 1.29 is 4.74 Å². The van der Waals surface area contributed by atoms with Gasteiger partial charge in [0.2, 0.25) is 0 Å². The van der Waals surface area contributed by atoms with E-state index in [0.29, 0.717) is 34.0 Å². The molecule has 0 spiro atoms. The number of benzene rings is 3. The van der Waals surface area contributed by atoms with Crippen molar-refractivity contribution in [2.75, 3.05) is 5.32 Å². The lowest BCUT2D eigenvalue weighted by molar-refractivity contribution is 0.306. The SMILES string of the molecule is CCc1ccccc1NCc1cc(Cl)c(OCc2ccccc2Cl)c(Cl)c1. The Hall–Kier alpha value is -1.87. The second-order valence-electron chi connectivity index (χ2n) is 6.13. The molecular weight excluding hydrogens is 401 g/mol. The van der Waals surface area contributed by atoms with E-state index in [4.69, 9.17) is 39.5 Å². The highest BCUT2D eigenvalue weighted by molar-refractivity contribution is 6.37. The maximum Gasteiger partial charge on any atom is 0.156 e. The molecule has 0 heterocycles. The van der Waals surface area contributed by atoms with Gasteiger partial charge < -0.3 is 10.1 Å². The highest BCUT2D eigenvalue weighted by Gasteiger charge is 2.11. The van der Waals surface area contributed by atoms with Crippen molar-refractivity contribution in [2.45, 2.75) is 26.5 Å². The van der Waals surface area contributed by atoms with E-state index >= 15 is 0 Å². The standard InChI is InChI=1S/C22H20Cl3NO/c1-2-16-7-4-6-10-21(16)26-13-15-11-19(24)22(20(25)12-15)27-14-17-8-3-5-9-18(17)23/h3-12,26H,2,13-14H2,1H3. The van der Waals surface area contributed by atoms with Crippen LogP contribution in [-0.2, 0) is 19.6 Å². The van der Waals surface area contributed by atoms with Gasteiger partial charge in [-0.05, 0) is 41.8 Å². The molecular formula is C22H20Cl3NO. The largest absolute Gasteiger partial charge is 0.486 e. The molecule has 0 amide bonds. The zero-order valence-electron chi connectivity index (χ0n) is 14.9. The van der Waals surface area contributed by atoms with Crippen LogP contribution in [0, 0.1) is 0 Å². The number of hydrogen-bond donors (Lipinski definition) is 1. The summed E-state index contributed by atoms with van der Waals surface area (Å²) in [5.74, 6) is 0.468. The fourth-order valence-electron chi connectivity index (χ4n) is 2.82. The summed E-state index contributed by atoms with van der Waals surface area (Å²) in [4.78, 5) is 0. The Bertz CT molecular complexity index is 904. The van der Waals surface area contributed by atoms with Crippen molar-refractivity contribution in [3.63, 3.8) is 0 Å². The van der Waals surface area contributed by atoms with Gasteiger partial charge in [0.1, 0.15) is 6.61 Å². The van der Waals surface area contributed by atoms with E-state index in [9.17, 15) is 0 Å². The number of rotatable bonds is 7. The van der Waals surface area contributed by atoms with Crippen LogP contribution in [0.5, 0.6) is 5.75 Å². The fourth-order valence-corrected chi connectivity index (χ4v) is 3.65. The minimum absolute atomic E-state index is 0.306. The summed E-state index contributed by atoms with van der Waals surface area (Å²) >= 11 is 19.0. The molecule has 2 nitrogen and oxygen atoms in total. The summed E-state index contributed by atoms with van der Waals surface area (Å²) < 4.78 is 5.82. The summed E-state index contributed by atoms with van der Waals surface area (Å²) in [6.07, 6.45) is 0.972. The molecule has 0 fully saturated rings. The molecule has 0 aliphatic heterocycles. The Kier molecular flexibility index (Phi) is 6.89. The van der Waals surface area contributed by atoms with Gasteiger partial charge in [-0.3, -0.25) is 0 Å². The molecule has 0 aliphatic carbocycles. The van der Waals surface area contributed by atoms with Crippen LogP contribution in [0.2, 0.25) is 15.1 Å². The smallest absolute Gasteiger partial charge is 0.156 e. The van der Waals surface area contributed by atoms with Crippen LogP contribution in [-0.4, -0.2) is 0 Å². The first-order valence-corrected chi connectivity index (χ1v) is 9.87. The average molecular weight is 421 g/mol. The van der Waals surface area contributed by atoms with Gasteiger partial charge >= 0.3 is 0 Å². The Morgan fingerprint density at radius 2 is 1.44 bits per heavy atom. The molecule has 3 rings (SSSR count). The molecule has 0 saturated heterocycles. The number of halogens is 3. The first kappa shape index (κ1) is 19.9. The number of para-hydroxylation sites is 1. The Morgan fingerprint density at radius 1 is 0.815 bits per heavy atom. The highest BCUT2D eigenvalue weighted by atomic mass is 35.5. The summed E-state index contributed by atoms with van der Waals surface area (Å²) in [6, 6.07) is 19.5. The normalized spacial score (nSPS) is 10.7. The molecule has 27 heavy (non-hydrogen) atoms. The van der Waals surface area contributed by atoms with Gasteiger partial charge in [0.25, 0.3) is 0 Å². The van der Waals surface area contributed by atoms with Crippen molar-refractivity contribution in [1.29, 1.82) is 0 Å². The number of hydrogen-bond acceptors (Lipinski definition) is 2. The number of anilines is 1. The van der Waals surface area contributed by atoms with Crippen molar-refractivity contribution in [3.05, 3.63) is 92.4 Å². The molecule has 0 unspecified atom stereocenters. The van der Waals surface area contributed by atoms with Crippen LogP contribution >= 0.6 is 34.8 Å². The third kappa shape index (κ3) is 5.10. The fraction of sp³-hybridized carbons (Fsp3) is 0.182. The summed E-state index contributed by atoms with van der Waals surface area (Å²) in [5, 5.41) is 5.06. The van der Waals surface area contributed by atoms with E-state index < -0.39 is 0 Å². The zero-order valence-corrected chi connectivity index (χ0v) is 17.2. The van der Waals surface area contributed by atoms with Crippen LogP contribution in [0.25, 0.3) is 0 Å². The molecule has 0 atom stereocenters. The minimum Gasteiger partial charge on any atom is -0.486 e. The second-order valence-corrected chi connectivity index (χ2v) is 7.35. The lowest BCUT2D eigenvalue weighted by Gasteiger charge is -2.14. The monoisotopic (exact) mass is 419 g/mol. The van der Waals surface area contributed by atoms with Gasteiger partial charge in [-0.1, -0.05) is 78.1 Å². The molecule has 5 heteroatoms. The predicted octanol–water partition coefficient (Wildman–Crippen LogP) is 7.40. The summed E-state index contributed by atoms with van der Waals surface area (Å²) in [7, 11) is 0. The third-order valence-electron chi connectivity index (χ3n) is 4.27. The third-order valence-corrected chi connectivity index (χ3v) is 5.20. The maximum absolute atomic E-state index is 6.41. The van der Waals surface area contributed by atoms with E-state index in [0.717, 1.165) is 23.2 Å². The Morgan fingerprint density at radius 3 is 2.11 bits per heavy atom. The van der Waals surface area contributed by atoms with Crippen LogP contribution in [0.3, 0.4) is 0 Å². The van der Waals surface area contributed by atoms with Crippen molar-refractivity contribution >= 4 is 40.5 Å². The molecule has 0 aliphatic rings. The van der Waals surface area contributed by atoms with Gasteiger partial charge in [0, 0.05) is 22.8 Å². The van der Waals surface area contributed by atoms with Crippen LogP contribution < -0.4 is 10.1 Å². The molecule has 3 aromatic carbocycles. The van der Waals surface area contributed by atoms with Gasteiger partial charge in [-0.2, -0.15) is 0 Å². The lowest BCUT2D eigenvalue weighted by atomic mass is 10.1. The Balaban J connectivity index is 1.70. The number of nitrogens with one attached hydrogen (secondary N) is 1. The zero-order chi connectivity index (χ0) is 19.2. The van der Waals surface area contributed by atoms with Gasteiger partial charge in [0.05, 0.1) is 10.0 Å². The maximum atomic E-state index is 6.41. The first-order chi connectivity index (χ1) is 13.1. The molecule has 0 bridgehead atoms. The molecule has 140 valence electrons. The van der Waals surface area contributed by atoms with Crippen LogP contribution in [0.4, 0.5) is 5.69 Å². The topological polar surface area (TPSA) is 21.3 Å². The van der Waals surface area contributed by atoms with Crippen LogP contribution in [0.15, 0.2) is 60.7 Å². The van der Waals surface area contributed by atoms with Crippen LogP contribution in [0.1, 0.15) is 23.6 Å². The predicted molar refractivity (Wildman–Crippen MR) is 115 cm³/mol. The van der Waals surface area contributed by atoms with Crippen molar-refractivity contribution in [1.82, 2.24) is 0 Å². The van der Waals surface area contributed by atoms with Gasteiger partial charge in [0.15, 0.2) is 5.75 Å². The highest BCUT2D eigenvalue weighted by Crippen LogP contribution is 2.35. The quantitative estimate of drug-likeness (QED) is 0.430. The van der Waals surface area contributed by atoms with E-state index in [2.05, 4.69) is 24.4 Å². The second kappa shape index (κ2) is 9.36. The van der Waals surface area contributed by atoms with E-state index in [-0.39, 0.29) is 0 Å². The Labute approximate surface area is 175 Å². The molecule has 0 saturated carbocycles. The molecule has 0 aromatic heterocycles. The van der Waals surface area contributed by atoms with Crippen molar-refractivity contribution in [2.24, 2.45) is 0 Å². The minimum atomic E-state index is 0.306. The summed E-state index contributed by atoms with van der Waals surface area (Å²) in [6.45, 7) is 3.07. The number of ether oxygens (including phenoxy) is 1. The first-order valence-electron chi connectivity index (χ1n) is 8.74. The molecule has 0 radical (unpaired) electrons. The molecule has 1 N–H and O–H groups in total. The van der Waals surface area contributed by atoms with E-state index in [1.54, 1.807) is 0 Å². The number of aryl methyl sites for hydroxylation is 1. The molecule has 3 aromatic rings. The van der Waals surface area contributed by atoms with Gasteiger partial charge in [-0.25, -0.2) is 0 Å². The lowest BCUT2D eigenvalue weighted by Crippen LogP contribution is -2.03. The average Bonchev–Trinajstić information content (AvgIpc) is 2.67. The van der Waals surface area contributed by atoms with Crippen molar-refractivity contribution in [3.8, 4) is 5.75 Å². The summed E-state index contributed by atoms with van der Waals surface area (Å²) in [5.41, 5.74) is 4.26. The van der Waals surface area contributed by atoms with Gasteiger partial charge in [-0.15, -0.1) is 0 Å². The van der Waals surface area contributed by atoms with E-state index in [1.807, 2.05) is 48.5 Å².